The number of para-hydroxylation sites is 1. The molecule has 1 aliphatic heterocycles. The monoisotopic (exact) mass is 358 g/mol. The largest absolute Gasteiger partial charge is 0.358 e. The van der Waals surface area contributed by atoms with E-state index in [-0.39, 0.29) is 11.8 Å². The van der Waals surface area contributed by atoms with Gasteiger partial charge in [-0.05, 0) is 30.3 Å². The number of nitrogens with one attached hydrogen (secondary N) is 3. The van der Waals surface area contributed by atoms with Crippen LogP contribution >= 0.6 is 0 Å². The molecule has 0 fully saturated rings. The van der Waals surface area contributed by atoms with Gasteiger partial charge in [0.25, 0.3) is 5.91 Å². The first-order valence-corrected chi connectivity index (χ1v) is 8.65. The van der Waals surface area contributed by atoms with Crippen LogP contribution in [0.15, 0.2) is 61.3 Å². The van der Waals surface area contributed by atoms with Gasteiger partial charge in [-0.25, -0.2) is 0 Å². The number of fused-ring (bicyclic) bond motifs is 1. The van der Waals surface area contributed by atoms with E-state index in [9.17, 15) is 9.59 Å². The summed E-state index contributed by atoms with van der Waals surface area (Å²) in [6.07, 6.45) is 3.74. The fourth-order valence-electron chi connectivity index (χ4n) is 3.19. The van der Waals surface area contributed by atoms with Crippen LogP contribution in [0.2, 0.25) is 0 Å². The Hall–Kier alpha value is -3.67. The van der Waals surface area contributed by atoms with E-state index < -0.39 is 0 Å². The number of aromatic nitrogens is 2. The number of rotatable bonds is 4. The lowest BCUT2D eigenvalue weighted by atomic mass is 10.0. The molecule has 0 atom stereocenters. The van der Waals surface area contributed by atoms with E-state index in [2.05, 4.69) is 27.2 Å². The topological polar surface area (TPSA) is 86.9 Å². The van der Waals surface area contributed by atoms with Crippen molar-refractivity contribution in [2.45, 2.75) is 6.42 Å². The highest BCUT2D eigenvalue weighted by Crippen LogP contribution is 2.30. The molecule has 27 heavy (non-hydrogen) atoms. The maximum atomic E-state index is 12.0. The average molecular weight is 358 g/mol. The third-order valence-corrected chi connectivity index (χ3v) is 4.52. The smallest absolute Gasteiger partial charge is 0.253 e. The number of nitrogens with zero attached hydrogens (tertiary/aromatic N) is 1. The van der Waals surface area contributed by atoms with Gasteiger partial charge in [-0.15, -0.1) is 0 Å². The van der Waals surface area contributed by atoms with Crippen LogP contribution in [0.25, 0.3) is 22.5 Å². The highest BCUT2D eigenvalue weighted by molar-refractivity contribution is 6.01. The molecule has 0 unspecified atom stereocenters. The minimum absolute atomic E-state index is 0.0505. The van der Waals surface area contributed by atoms with Gasteiger partial charge in [-0.1, -0.05) is 24.8 Å². The summed E-state index contributed by atoms with van der Waals surface area (Å²) in [5, 5.41) is 5.66. The van der Waals surface area contributed by atoms with Crippen LogP contribution < -0.4 is 10.6 Å². The molecule has 3 heterocycles. The molecule has 0 saturated carbocycles. The predicted octanol–water partition coefficient (Wildman–Crippen LogP) is 3.15. The minimum atomic E-state index is -0.276. The fraction of sp³-hybridized carbons (Fsp3) is 0.0952. The SMILES string of the molecule is C=CC(=O)Nc1ccccc1-c1cc(-c2cc3c([nH]2)CCNC3=O)ccn1. The molecule has 2 amide bonds. The Morgan fingerprint density at radius 2 is 2.04 bits per heavy atom. The molecule has 0 radical (unpaired) electrons. The molecule has 2 aromatic heterocycles. The molecule has 6 nitrogen and oxygen atoms in total. The molecule has 1 aromatic carbocycles. The van der Waals surface area contributed by atoms with Crippen LogP contribution in [0.4, 0.5) is 5.69 Å². The summed E-state index contributed by atoms with van der Waals surface area (Å²) < 4.78 is 0. The average Bonchev–Trinajstić information content (AvgIpc) is 3.14. The number of aromatic amines is 1. The van der Waals surface area contributed by atoms with Crippen LogP contribution in [-0.2, 0) is 11.2 Å². The van der Waals surface area contributed by atoms with Gasteiger partial charge in [0.15, 0.2) is 0 Å². The van der Waals surface area contributed by atoms with Gasteiger partial charge in [0.05, 0.1) is 16.9 Å². The number of pyridine rings is 1. The van der Waals surface area contributed by atoms with Crippen LogP contribution in [0.1, 0.15) is 16.1 Å². The lowest BCUT2D eigenvalue weighted by molar-refractivity contribution is -0.111. The zero-order valence-electron chi connectivity index (χ0n) is 14.6. The van der Waals surface area contributed by atoms with E-state index in [1.807, 2.05) is 42.5 Å². The number of anilines is 1. The number of H-pyrrole nitrogens is 1. The second-order valence-electron chi connectivity index (χ2n) is 6.25. The summed E-state index contributed by atoms with van der Waals surface area (Å²) in [5.41, 5.74) is 5.63. The lowest BCUT2D eigenvalue weighted by Gasteiger charge is -2.11. The summed E-state index contributed by atoms with van der Waals surface area (Å²) in [4.78, 5) is 31.5. The Bertz CT molecular complexity index is 1050. The van der Waals surface area contributed by atoms with E-state index in [4.69, 9.17) is 0 Å². The van der Waals surface area contributed by atoms with Crippen molar-refractivity contribution in [1.82, 2.24) is 15.3 Å². The highest BCUT2D eigenvalue weighted by atomic mass is 16.2. The number of hydrogen-bond donors (Lipinski definition) is 3. The highest BCUT2D eigenvalue weighted by Gasteiger charge is 2.20. The number of amides is 2. The van der Waals surface area contributed by atoms with Gasteiger partial charge in [0.2, 0.25) is 5.91 Å². The molecule has 1 aliphatic rings. The second kappa shape index (κ2) is 6.92. The molecule has 6 heteroatoms. The second-order valence-corrected chi connectivity index (χ2v) is 6.25. The van der Waals surface area contributed by atoms with Crippen molar-refractivity contribution in [2.24, 2.45) is 0 Å². The van der Waals surface area contributed by atoms with Gasteiger partial charge in [-0.3, -0.25) is 14.6 Å². The quantitative estimate of drug-likeness (QED) is 0.626. The molecule has 134 valence electrons. The molecule has 3 N–H and O–H groups in total. The Kier molecular flexibility index (Phi) is 4.30. The van der Waals surface area contributed by atoms with Crippen LogP contribution in [0.3, 0.4) is 0 Å². The lowest BCUT2D eigenvalue weighted by Crippen LogP contribution is -2.31. The minimum Gasteiger partial charge on any atom is -0.358 e. The molecule has 0 spiro atoms. The van der Waals surface area contributed by atoms with E-state index in [0.717, 1.165) is 34.6 Å². The van der Waals surface area contributed by atoms with Crippen LogP contribution in [0.5, 0.6) is 0 Å². The first-order chi connectivity index (χ1) is 13.2. The standard InChI is InChI=1S/C21H18N4O2/c1-2-20(26)25-16-6-4-3-5-14(16)19-11-13(7-9-22-19)18-12-15-17(24-18)8-10-23-21(15)27/h2-7,9,11-12,24H,1,8,10H2,(H,23,27)(H,25,26). The Balaban J connectivity index is 1.73. The Morgan fingerprint density at radius 3 is 2.85 bits per heavy atom. The summed E-state index contributed by atoms with van der Waals surface area (Å²) in [6.45, 7) is 4.13. The van der Waals surface area contributed by atoms with E-state index in [1.165, 1.54) is 6.08 Å². The Morgan fingerprint density at radius 1 is 1.19 bits per heavy atom. The van der Waals surface area contributed by atoms with Gasteiger partial charge in [-0.2, -0.15) is 0 Å². The third-order valence-electron chi connectivity index (χ3n) is 4.52. The molecular weight excluding hydrogens is 340 g/mol. The third kappa shape index (κ3) is 3.25. The maximum absolute atomic E-state index is 12.0. The molecule has 0 bridgehead atoms. The van der Waals surface area contributed by atoms with Crippen LogP contribution in [0, 0.1) is 0 Å². The van der Waals surface area contributed by atoms with Gasteiger partial charge in [0.1, 0.15) is 0 Å². The summed E-state index contributed by atoms with van der Waals surface area (Å²) in [5.74, 6) is -0.327. The maximum Gasteiger partial charge on any atom is 0.253 e. The summed E-state index contributed by atoms with van der Waals surface area (Å²) in [6, 6.07) is 13.2. The zero-order chi connectivity index (χ0) is 18.8. The normalized spacial score (nSPS) is 12.8. The van der Waals surface area contributed by atoms with E-state index >= 15 is 0 Å². The number of hydrogen-bond acceptors (Lipinski definition) is 3. The number of carbonyl (C=O) groups excluding carboxylic acids is 2. The summed E-state index contributed by atoms with van der Waals surface area (Å²) in [7, 11) is 0. The fourth-order valence-corrected chi connectivity index (χ4v) is 3.19. The molecule has 4 rings (SSSR count). The van der Waals surface area contributed by atoms with Crippen molar-refractivity contribution < 1.29 is 9.59 Å². The first kappa shape index (κ1) is 16.8. The van der Waals surface area contributed by atoms with Gasteiger partial charge < -0.3 is 15.6 Å². The van der Waals surface area contributed by atoms with Crippen molar-refractivity contribution in [1.29, 1.82) is 0 Å². The molecular formula is C21H18N4O2. The molecule has 0 aliphatic carbocycles. The van der Waals surface area contributed by atoms with E-state index in [0.29, 0.717) is 17.8 Å². The van der Waals surface area contributed by atoms with Gasteiger partial charge >= 0.3 is 0 Å². The number of carbonyl (C=O) groups is 2. The van der Waals surface area contributed by atoms with E-state index in [1.54, 1.807) is 6.20 Å². The van der Waals surface area contributed by atoms with Crippen molar-refractivity contribution in [3.63, 3.8) is 0 Å². The van der Waals surface area contributed by atoms with Crippen molar-refractivity contribution in [3.05, 3.63) is 72.6 Å². The number of benzene rings is 1. The van der Waals surface area contributed by atoms with Crippen LogP contribution in [-0.4, -0.2) is 28.3 Å². The van der Waals surface area contributed by atoms with Crippen molar-refractivity contribution >= 4 is 17.5 Å². The Labute approximate surface area is 156 Å². The van der Waals surface area contributed by atoms with Crippen molar-refractivity contribution in [2.75, 3.05) is 11.9 Å². The van der Waals surface area contributed by atoms with Gasteiger partial charge in [0, 0.05) is 41.7 Å². The predicted molar refractivity (Wildman–Crippen MR) is 104 cm³/mol. The van der Waals surface area contributed by atoms with Crippen molar-refractivity contribution in [3.8, 4) is 22.5 Å². The molecule has 3 aromatic rings. The molecule has 0 saturated heterocycles. The summed E-state index contributed by atoms with van der Waals surface area (Å²) >= 11 is 0. The first-order valence-electron chi connectivity index (χ1n) is 8.65. The zero-order valence-corrected chi connectivity index (χ0v) is 14.6.